The van der Waals surface area contributed by atoms with E-state index in [0.29, 0.717) is 22.2 Å². The molecule has 0 aliphatic carbocycles. The van der Waals surface area contributed by atoms with E-state index in [0.717, 1.165) is 22.3 Å². The molecule has 1 aromatic heterocycles. The summed E-state index contributed by atoms with van der Waals surface area (Å²) in [6.45, 7) is -0.227. The Hall–Kier alpha value is -6.33. The second kappa shape index (κ2) is 18.9. The van der Waals surface area contributed by atoms with Crippen molar-refractivity contribution in [3.63, 3.8) is 0 Å². The summed E-state index contributed by atoms with van der Waals surface area (Å²) in [6, 6.07) is 36.2. The van der Waals surface area contributed by atoms with Gasteiger partial charge in [-0.25, -0.2) is 9.78 Å². The molecule has 14 heteroatoms. The number of aromatic nitrogens is 1. The van der Waals surface area contributed by atoms with Crippen LogP contribution in [0.4, 0.5) is 5.13 Å². The van der Waals surface area contributed by atoms with Gasteiger partial charge in [-0.3, -0.25) is 14.5 Å². The van der Waals surface area contributed by atoms with E-state index >= 15 is 0 Å². The minimum Gasteiger partial charge on any atom is -0.497 e. The van der Waals surface area contributed by atoms with E-state index < -0.39 is 34.7 Å². The first kappa shape index (κ1) is 40.9. The number of nitrogens with zero attached hydrogens (tertiary/aromatic N) is 3. The third kappa shape index (κ3) is 8.75. The molecule has 5 aromatic rings. The Bertz CT molecular complexity index is 2320. The Kier molecular flexibility index (Phi) is 13.1. The molecule has 0 spiro atoms. The number of benzene rings is 4. The monoisotopic (exact) mass is 843 g/mol. The fourth-order valence-corrected chi connectivity index (χ4v) is 8.97. The number of halogens is 1. The number of hydrogen-bond acceptors (Lipinski definition) is 11. The number of anilines is 1. The molecule has 2 aliphatic rings. The molecule has 0 bridgehead atoms. The van der Waals surface area contributed by atoms with Crippen LogP contribution in [0.3, 0.4) is 0 Å². The average Bonchev–Trinajstić information content (AvgIpc) is 3.75. The summed E-state index contributed by atoms with van der Waals surface area (Å²) in [5.41, 5.74) is 3.46. The minimum atomic E-state index is -0.994. The molecular weight excluding hydrogens is 806 g/mol. The van der Waals surface area contributed by atoms with Gasteiger partial charge in [0.25, 0.3) is 11.8 Å². The van der Waals surface area contributed by atoms with Crippen LogP contribution in [0.15, 0.2) is 149 Å². The second-order valence-corrected chi connectivity index (χ2v) is 15.4. The number of fused-ring (bicyclic) bond motifs is 1. The summed E-state index contributed by atoms with van der Waals surface area (Å²) in [7, 11) is 1.57. The van der Waals surface area contributed by atoms with Gasteiger partial charge in [-0.05, 0) is 40.0 Å². The number of thioether (sulfide) groups is 1. The van der Waals surface area contributed by atoms with Gasteiger partial charge in [0.1, 0.15) is 40.7 Å². The van der Waals surface area contributed by atoms with Gasteiger partial charge in [0, 0.05) is 17.0 Å². The number of methoxy groups -OCH3 is 1. The van der Waals surface area contributed by atoms with Crippen molar-refractivity contribution >= 4 is 63.3 Å². The second-order valence-electron chi connectivity index (χ2n) is 13.1. The third-order valence-electron chi connectivity index (χ3n) is 9.60. The number of allylic oxidation sites excluding steroid dienone is 2. The number of β-lactam (4-membered cyclic amide) rings is 1. The lowest BCUT2D eigenvalue weighted by molar-refractivity contribution is -0.153. The molecule has 7 rings (SSSR count). The summed E-state index contributed by atoms with van der Waals surface area (Å²) in [5, 5.41) is 12.2. The van der Waals surface area contributed by atoms with Crippen molar-refractivity contribution in [2.45, 2.75) is 23.6 Å². The van der Waals surface area contributed by atoms with Gasteiger partial charge in [-0.2, -0.15) is 0 Å². The predicted octanol–water partition coefficient (Wildman–Crippen LogP) is 7.10. The maximum Gasteiger partial charge on any atom is 0.355 e. The van der Waals surface area contributed by atoms with Crippen molar-refractivity contribution in [2.75, 3.05) is 30.7 Å². The standard InChI is InChI=1S/C45H38ClN5O6S2/c1-3-26-57-50-37(36-29-59-44(47-36)49-45(32-15-7-4-8-16-32,33-17-9-5-10-18-33)34-19-11-6-12-20-34)40(52)48-38-41(53)51-39(31(14-13-25-46)28-58-42(38)51)43(54)56-27-30-21-23-35(55-2)24-22-30/h1,4-24,29,38,42H,25-28H2,2H3,(H,47,49)(H,48,52)/b14-13-,50-37-/t38-,42-/m1/s1. The molecule has 3 heterocycles. The van der Waals surface area contributed by atoms with Crippen LogP contribution in [0.5, 0.6) is 5.75 Å². The Balaban J connectivity index is 1.14. The number of oxime groups is 1. The maximum absolute atomic E-state index is 14.1. The molecule has 2 aliphatic heterocycles. The van der Waals surface area contributed by atoms with Gasteiger partial charge in [-0.1, -0.05) is 126 Å². The Morgan fingerprint density at radius 3 is 2.19 bits per heavy atom. The summed E-state index contributed by atoms with van der Waals surface area (Å²) in [4.78, 5) is 53.1. The van der Waals surface area contributed by atoms with E-state index in [1.54, 1.807) is 48.9 Å². The zero-order chi connectivity index (χ0) is 41.2. The number of carbonyl (C=O) groups is 3. The fourth-order valence-electron chi connectivity index (χ4n) is 6.82. The first-order valence-corrected chi connectivity index (χ1v) is 20.9. The highest BCUT2D eigenvalue weighted by Crippen LogP contribution is 2.42. The molecule has 4 aromatic carbocycles. The molecule has 1 saturated heterocycles. The Morgan fingerprint density at radius 1 is 0.983 bits per heavy atom. The zero-order valence-electron chi connectivity index (χ0n) is 31.7. The Morgan fingerprint density at radius 2 is 1.61 bits per heavy atom. The van der Waals surface area contributed by atoms with Crippen LogP contribution in [0.25, 0.3) is 0 Å². The molecule has 2 amide bonds. The van der Waals surface area contributed by atoms with Gasteiger partial charge in [0.15, 0.2) is 17.5 Å². The average molecular weight is 844 g/mol. The number of esters is 1. The molecule has 298 valence electrons. The number of thiazole rings is 1. The number of nitrogens with one attached hydrogen (secondary N) is 2. The van der Waals surface area contributed by atoms with Gasteiger partial charge in [0.2, 0.25) is 0 Å². The number of rotatable bonds is 16. The van der Waals surface area contributed by atoms with E-state index in [2.05, 4.69) is 58.1 Å². The highest BCUT2D eigenvalue weighted by molar-refractivity contribution is 8.00. The molecule has 2 atom stereocenters. The van der Waals surface area contributed by atoms with Crippen LogP contribution in [0.1, 0.15) is 27.9 Å². The minimum absolute atomic E-state index is 0.0238. The predicted molar refractivity (Wildman–Crippen MR) is 231 cm³/mol. The van der Waals surface area contributed by atoms with Crippen LogP contribution in [0, 0.1) is 12.3 Å². The van der Waals surface area contributed by atoms with Gasteiger partial charge >= 0.3 is 5.97 Å². The highest BCUT2D eigenvalue weighted by atomic mass is 35.5. The molecule has 1 fully saturated rings. The SMILES string of the molecule is C#CCO/N=C(\C(=O)N[C@@H]1C(=O)N2C(C(=O)OCc3ccc(OC)cc3)=C(/C=C\CCl)CS[C@H]12)c1csc(NC(c2ccccc2)(c2ccccc2)c2ccccc2)n1. The number of ether oxygens (including phenoxy) is 2. The lowest BCUT2D eigenvalue weighted by atomic mass is 9.77. The third-order valence-corrected chi connectivity index (χ3v) is 11.8. The van der Waals surface area contributed by atoms with Gasteiger partial charge < -0.3 is 24.9 Å². The first-order valence-electron chi connectivity index (χ1n) is 18.4. The first-order chi connectivity index (χ1) is 28.9. The topological polar surface area (TPSA) is 131 Å². The van der Waals surface area contributed by atoms with Crippen LogP contribution < -0.4 is 15.4 Å². The van der Waals surface area contributed by atoms with Crippen molar-refractivity contribution in [1.82, 2.24) is 15.2 Å². The zero-order valence-corrected chi connectivity index (χ0v) is 34.1. The smallest absolute Gasteiger partial charge is 0.355 e. The molecule has 0 unspecified atom stereocenters. The number of carbonyl (C=O) groups excluding carboxylic acids is 3. The van der Waals surface area contributed by atoms with Crippen molar-refractivity contribution in [3.05, 3.63) is 172 Å². The van der Waals surface area contributed by atoms with Crippen molar-refractivity contribution in [2.24, 2.45) is 5.16 Å². The van der Waals surface area contributed by atoms with Crippen molar-refractivity contribution < 1.29 is 28.7 Å². The van der Waals surface area contributed by atoms with Crippen LogP contribution >= 0.6 is 34.7 Å². The lowest BCUT2D eigenvalue weighted by Crippen LogP contribution is -2.71. The highest BCUT2D eigenvalue weighted by Gasteiger charge is 2.54. The van der Waals surface area contributed by atoms with Crippen LogP contribution in [-0.4, -0.2) is 70.1 Å². The van der Waals surface area contributed by atoms with E-state index in [1.165, 1.54) is 28.0 Å². The number of amides is 2. The van der Waals surface area contributed by atoms with Crippen LogP contribution in [-0.2, 0) is 36.1 Å². The van der Waals surface area contributed by atoms with Crippen LogP contribution in [0.2, 0.25) is 0 Å². The summed E-state index contributed by atoms with van der Waals surface area (Å²) in [5.74, 6) is 1.71. The van der Waals surface area contributed by atoms with E-state index in [-0.39, 0.29) is 36.2 Å². The molecule has 0 saturated carbocycles. The van der Waals surface area contributed by atoms with E-state index in [1.807, 2.05) is 54.6 Å². The molecule has 2 N–H and O–H groups in total. The molecule has 0 radical (unpaired) electrons. The largest absolute Gasteiger partial charge is 0.497 e. The number of terminal acetylenes is 1. The van der Waals surface area contributed by atoms with E-state index in [4.69, 9.17) is 37.3 Å². The van der Waals surface area contributed by atoms with E-state index in [9.17, 15) is 14.4 Å². The number of alkyl halides is 1. The lowest BCUT2D eigenvalue weighted by Gasteiger charge is -2.49. The number of hydrogen-bond donors (Lipinski definition) is 2. The van der Waals surface area contributed by atoms with Crippen molar-refractivity contribution in [1.29, 1.82) is 0 Å². The van der Waals surface area contributed by atoms with Crippen molar-refractivity contribution in [3.8, 4) is 18.1 Å². The summed E-state index contributed by atoms with van der Waals surface area (Å²) < 4.78 is 10.9. The molecule has 11 nitrogen and oxygen atoms in total. The summed E-state index contributed by atoms with van der Waals surface area (Å²) in [6.07, 6.45) is 8.84. The maximum atomic E-state index is 14.1. The van der Waals surface area contributed by atoms with Gasteiger partial charge in [-0.15, -0.1) is 41.1 Å². The quantitative estimate of drug-likeness (QED) is 0.0156. The normalized spacial score (nSPS) is 16.5. The summed E-state index contributed by atoms with van der Waals surface area (Å²) >= 11 is 8.61. The molecular formula is C45H38ClN5O6S2. The Labute approximate surface area is 355 Å². The van der Waals surface area contributed by atoms with Gasteiger partial charge in [0.05, 0.1) is 7.11 Å². The molecule has 59 heavy (non-hydrogen) atoms. The fraction of sp³-hybridized carbons (Fsp3) is 0.178.